The van der Waals surface area contributed by atoms with Gasteiger partial charge in [-0.05, 0) is 48.9 Å². The van der Waals surface area contributed by atoms with Crippen LogP contribution in [0.5, 0.6) is 0 Å². The van der Waals surface area contributed by atoms with Gasteiger partial charge in [-0.15, -0.1) is 11.3 Å². The molecule has 1 aliphatic carbocycles. The van der Waals surface area contributed by atoms with Crippen LogP contribution in [-0.2, 0) is 12.8 Å². The van der Waals surface area contributed by atoms with Gasteiger partial charge in [0.25, 0.3) is 11.6 Å². The molecule has 3 heterocycles. The molecule has 148 valence electrons. The Balaban J connectivity index is 1.46. The van der Waals surface area contributed by atoms with Crippen LogP contribution >= 0.6 is 11.3 Å². The fourth-order valence-corrected chi connectivity index (χ4v) is 5.54. The van der Waals surface area contributed by atoms with Crippen LogP contribution in [0.2, 0.25) is 0 Å². The third kappa shape index (κ3) is 3.00. The molecule has 2 unspecified atom stereocenters. The van der Waals surface area contributed by atoms with Gasteiger partial charge in [-0.1, -0.05) is 19.1 Å². The normalized spacial score (nSPS) is 20.4. The first-order valence-electron chi connectivity index (χ1n) is 9.56. The number of hydrogen-bond acceptors (Lipinski definition) is 6. The van der Waals surface area contributed by atoms with Gasteiger partial charge in [0.2, 0.25) is 0 Å². The minimum atomic E-state index is -0.510. The van der Waals surface area contributed by atoms with Crippen LogP contribution in [0, 0.1) is 16.0 Å². The molecule has 5 rings (SSSR count). The number of nitrogens with one attached hydrogen (secondary N) is 2. The van der Waals surface area contributed by atoms with Crippen LogP contribution < -0.4 is 10.6 Å². The van der Waals surface area contributed by atoms with E-state index in [1.807, 2.05) is 0 Å². The molecule has 7 nitrogen and oxygen atoms in total. The molecule has 0 fully saturated rings. The summed E-state index contributed by atoms with van der Waals surface area (Å²) in [5.74, 6) is 1.44. The minimum absolute atomic E-state index is 0.0172. The number of nitro benzene ring substituents is 1. The van der Waals surface area contributed by atoms with Crippen molar-refractivity contribution < 1.29 is 14.1 Å². The number of rotatable bonds is 3. The molecule has 29 heavy (non-hydrogen) atoms. The Bertz CT molecular complexity index is 1130. The van der Waals surface area contributed by atoms with E-state index >= 15 is 0 Å². The van der Waals surface area contributed by atoms with Crippen LogP contribution in [0.4, 0.5) is 10.7 Å². The van der Waals surface area contributed by atoms with Crippen LogP contribution in [0.15, 0.2) is 40.8 Å². The van der Waals surface area contributed by atoms with Gasteiger partial charge in [-0.3, -0.25) is 14.9 Å². The zero-order valence-corrected chi connectivity index (χ0v) is 16.5. The summed E-state index contributed by atoms with van der Waals surface area (Å²) in [6.45, 7) is 2.24. The van der Waals surface area contributed by atoms with Crippen molar-refractivity contribution in [2.75, 3.05) is 5.32 Å². The average molecular weight is 409 g/mol. The van der Waals surface area contributed by atoms with Gasteiger partial charge in [0.05, 0.1) is 16.1 Å². The number of carbonyl (C=O) groups excluding carboxylic acids is 1. The van der Waals surface area contributed by atoms with Gasteiger partial charge < -0.3 is 15.1 Å². The van der Waals surface area contributed by atoms with Crippen LogP contribution in [0.1, 0.15) is 46.1 Å². The molecule has 1 aromatic carbocycles. The Hall–Kier alpha value is -3.13. The second-order valence-corrected chi connectivity index (χ2v) is 8.69. The number of hydrogen-bond donors (Lipinski definition) is 2. The highest BCUT2D eigenvalue weighted by atomic mass is 32.1. The summed E-state index contributed by atoms with van der Waals surface area (Å²) in [4.78, 5) is 25.0. The SMILES string of the molecule is CC1CCc2c(sc3c2C(=O)NC(c2ccc(-c4ccccc4[N+](=O)[O-])o2)N3)C1. The topological polar surface area (TPSA) is 97.4 Å². The summed E-state index contributed by atoms with van der Waals surface area (Å²) >= 11 is 1.65. The minimum Gasteiger partial charge on any atom is -0.457 e. The molecule has 8 heteroatoms. The summed E-state index contributed by atoms with van der Waals surface area (Å²) in [5.41, 5.74) is 2.33. The van der Waals surface area contributed by atoms with E-state index in [4.69, 9.17) is 4.42 Å². The number of amides is 1. The second kappa shape index (κ2) is 6.73. The Kier molecular flexibility index (Phi) is 4.16. The smallest absolute Gasteiger partial charge is 0.280 e. The maximum Gasteiger partial charge on any atom is 0.280 e. The van der Waals surface area contributed by atoms with E-state index in [1.54, 1.807) is 41.7 Å². The monoisotopic (exact) mass is 409 g/mol. The van der Waals surface area contributed by atoms with Gasteiger partial charge in [0.15, 0.2) is 6.17 Å². The largest absolute Gasteiger partial charge is 0.457 e. The molecule has 0 bridgehead atoms. The van der Waals surface area contributed by atoms with Crippen molar-refractivity contribution in [3.05, 3.63) is 68.3 Å². The number of thiophene rings is 1. The van der Waals surface area contributed by atoms with Crippen LogP contribution in [0.25, 0.3) is 11.3 Å². The van der Waals surface area contributed by atoms with Gasteiger partial charge in [0.1, 0.15) is 16.5 Å². The Labute approximate surface area is 170 Å². The Morgan fingerprint density at radius 2 is 2.03 bits per heavy atom. The average Bonchev–Trinajstić information content (AvgIpc) is 3.32. The van der Waals surface area contributed by atoms with Crippen molar-refractivity contribution in [1.29, 1.82) is 0 Å². The number of anilines is 1. The zero-order valence-electron chi connectivity index (χ0n) is 15.7. The highest BCUT2D eigenvalue weighted by Gasteiger charge is 2.34. The second-order valence-electron chi connectivity index (χ2n) is 7.58. The van der Waals surface area contributed by atoms with E-state index in [1.165, 1.54) is 16.5 Å². The molecule has 2 aromatic heterocycles. The number of nitrogens with zero attached hydrogens (tertiary/aromatic N) is 1. The summed E-state index contributed by atoms with van der Waals surface area (Å²) < 4.78 is 5.91. The maximum atomic E-state index is 12.8. The molecule has 2 N–H and O–H groups in total. The number of fused-ring (bicyclic) bond motifs is 3. The lowest BCUT2D eigenvalue weighted by atomic mass is 9.88. The van der Waals surface area contributed by atoms with Gasteiger partial charge >= 0.3 is 0 Å². The summed E-state index contributed by atoms with van der Waals surface area (Å²) in [6, 6.07) is 9.89. The molecule has 3 aromatic rings. The lowest BCUT2D eigenvalue weighted by Crippen LogP contribution is -2.38. The molecule has 1 aliphatic heterocycles. The fraction of sp³-hybridized carbons (Fsp3) is 0.286. The van der Waals surface area contributed by atoms with Crippen LogP contribution in [0.3, 0.4) is 0 Å². The predicted octanol–water partition coefficient (Wildman–Crippen LogP) is 4.90. The Morgan fingerprint density at radius 3 is 2.86 bits per heavy atom. The molecular formula is C21H19N3O4S. The quantitative estimate of drug-likeness (QED) is 0.474. The van der Waals surface area contributed by atoms with Gasteiger partial charge in [-0.2, -0.15) is 0 Å². The lowest BCUT2D eigenvalue weighted by molar-refractivity contribution is -0.384. The maximum absolute atomic E-state index is 12.8. The zero-order chi connectivity index (χ0) is 20.1. The van der Waals surface area contributed by atoms with Crippen molar-refractivity contribution in [3.63, 3.8) is 0 Å². The number of carbonyl (C=O) groups is 1. The molecule has 2 aliphatic rings. The van der Waals surface area contributed by atoms with Crippen molar-refractivity contribution in [2.45, 2.75) is 32.4 Å². The Morgan fingerprint density at radius 1 is 1.21 bits per heavy atom. The standard InChI is InChI=1S/C21H19N3O4S/c1-11-6-7-13-17(10-11)29-21-18(13)20(25)22-19(23-21)16-9-8-15(28-16)12-4-2-3-5-14(12)24(26)27/h2-5,8-9,11,19,23H,6-7,10H2,1H3,(H,22,25). The molecular weight excluding hydrogens is 390 g/mol. The first kappa shape index (κ1) is 17.9. The number of furan rings is 1. The van der Waals surface area contributed by atoms with E-state index in [2.05, 4.69) is 17.6 Å². The molecule has 0 spiro atoms. The molecule has 0 saturated carbocycles. The summed E-state index contributed by atoms with van der Waals surface area (Å²) in [7, 11) is 0. The number of para-hydroxylation sites is 1. The molecule has 2 atom stereocenters. The number of nitro groups is 1. The van der Waals surface area contributed by atoms with Crippen LogP contribution in [-0.4, -0.2) is 10.8 Å². The van der Waals surface area contributed by atoms with Gasteiger partial charge in [0, 0.05) is 10.9 Å². The summed E-state index contributed by atoms with van der Waals surface area (Å²) in [5, 5.41) is 18.5. The van der Waals surface area contributed by atoms with Crippen molar-refractivity contribution in [3.8, 4) is 11.3 Å². The third-order valence-corrected chi connectivity index (χ3v) is 6.75. The molecule has 0 saturated heterocycles. The fourth-order valence-electron chi connectivity index (χ4n) is 4.10. The first-order valence-corrected chi connectivity index (χ1v) is 10.4. The van der Waals surface area contributed by atoms with Crippen molar-refractivity contribution in [1.82, 2.24) is 5.32 Å². The number of benzene rings is 1. The van der Waals surface area contributed by atoms with Crippen molar-refractivity contribution in [2.24, 2.45) is 5.92 Å². The third-order valence-electron chi connectivity index (χ3n) is 5.57. The van der Waals surface area contributed by atoms with E-state index in [-0.39, 0.29) is 11.6 Å². The molecule has 1 amide bonds. The van der Waals surface area contributed by atoms with E-state index in [0.29, 0.717) is 23.0 Å². The van der Waals surface area contributed by atoms with Crippen molar-refractivity contribution >= 4 is 27.9 Å². The highest BCUT2D eigenvalue weighted by molar-refractivity contribution is 7.16. The first-order chi connectivity index (χ1) is 14.0. The van der Waals surface area contributed by atoms with E-state index in [0.717, 1.165) is 29.8 Å². The highest BCUT2D eigenvalue weighted by Crippen LogP contribution is 2.43. The van der Waals surface area contributed by atoms with E-state index < -0.39 is 11.1 Å². The lowest BCUT2D eigenvalue weighted by Gasteiger charge is -2.25. The predicted molar refractivity (Wildman–Crippen MR) is 110 cm³/mol. The molecule has 0 radical (unpaired) electrons. The van der Waals surface area contributed by atoms with Gasteiger partial charge in [-0.25, -0.2) is 0 Å². The summed E-state index contributed by atoms with van der Waals surface area (Å²) in [6.07, 6.45) is 2.54. The van der Waals surface area contributed by atoms with E-state index in [9.17, 15) is 14.9 Å².